The summed E-state index contributed by atoms with van der Waals surface area (Å²) < 4.78 is 28.7. The molecule has 1 amide bonds. The molecule has 0 atom stereocenters. The van der Waals surface area contributed by atoms with Crippen LogP contribution in [0.5, 0.6) is 0 Å². The summed E-state index contributed by atoms with van der Waals surface area (Å²) in [4.78, 5) is 17.5. The van der Waals surface area contributed by atoms with Gasteiger partial charge in [0.25, 0.3) is 5.91 Å². The van der Waals surface area contributed by atoms with Crippen molar-refractivity contribution in [2.45, 2.75) is 30.3 Å². The van der Waals surface area contributed by atoms with E-state index in [1.807, 2.05) is 17.0 Å². The molecule has 0 N–H and O–H groups in total. The third-order valence-electron chi connectivity index (χ3n) is 4.83. The molecular formula is C19H24N2O4S. The number of amides is 1. The highest BCUT2D eigenvalue weighted by Crippen LogP contribution is 2.22. The number of piperidine rings is 1. The van der Waals surface area contributed by atoms with Crippen molar-refractivity contribution >= 4 is 15.7 Å². The molecule has 1 fully saturated rings. The highest BCUT2D eigenvalue weighted by atomic mass is 32.2. The highest BCUT2D eigenvalue weighted by Gasteiger charge is 2.28. The van der Waals surface area contributed by atoms with Crippen LogP contribution in [0.1, 0.15) is 29.0 Å². The number of hydrogen-bond acceptors (Lipinski definition) is 5. The Labute approximate surface area is 154 Å². The number of sulfone groups is 1. The normalized spacial score (nSPS) is 16.5. The lowest BCUT2D eigenvalue weighted by Gasteiger charge is -2.37. The van der Waals surface area contributed by atoms with Crippen LogP contribution in [-0.2, 0) is 16.4 Å². The SMILES string of the molecule is CN1CCC(N(Cc2ccco2)C(=O)c2ccc(S(C)(=O)=O)cc2)CC1. The Kier molecular flexibility index (Phi) is 5.48. The van der Waals surface area contributed by atoms with Crippen molar-refractivity contribution in [1.29, 1.82) is 0 Å². The fourth-order valence-corrected chi connectivity index (χ4v) is 3.88. The van der Waals surface area contributed by atoms with Crippen LogP contribution in [0.25, 0.3) is 0 Å². The maximum atomic E-state index is 13.1. The molecule has 6 nitrogen and oxygen atoms in total. The number of carbonyl (C=O) groups is 1. The van der Waals surface area contributed by atoms with Crippen LogP contribution in [0.3, 0.4) is 0 Å². The Morgan fingerprint density at radius 2 is 1.85 bits per heavy atom. The molecule has 0 unspecified atom stereocenters. The summed E-state index contributed by atoms with van der Waals surface area (Å²) in [5.41, 5.74) is 0.489. The molecule has 140 valence electrons. The van der Waals surface area contributed by atoms with E-state index in [0.717, 1.165) is 37.9 Å². The second-order valence-electron chi connectivity index (χ2n) is 6.84. The van der Waals surface area contributed by atoms with E-state index in [2.05, 4.69) is 11.9 Å². The molecule has 1 aliphatic rings. The number of hydrogen-bond donors (Lipinski definition) is 0. The molecule has 2 heterocycles. The molecule has 0 saturated carbocycles. The molecule has 3 rings (SSSR count). The van der Waals surface area contributed by atoms with Gasteiger partial charge in [-0.3, -0.25) is 4.79 Å². The molecule has 0 spiro atoms. The van der Waals surface area contributed by atoms with Gasteiger partial charge in [0.15, 0.2) is 9.84 Å². The first-order valence-electron chi connectivity index (χ1n) is 8.66. The van der Waals surface area contributed by atoms with Gasteiger partial charge in [-0.1, -0.05) is 0 Å². The van der Waals surface area contributed by atoms with E-state index >= 15 is 0 Å². The molecule has 0 radical (unpaired) electrons. The van der Waals surface area contributed by atoms with E-state index in [9.17, 15) is 13.2 Å². The second-order valence-corrected chi connectivity index (χ2v) is 8.86. The van der Waals surface area contributed by atoms with Crippen LogP contribution >= 0.6 is 0 Å². The summed E-state index contributed by atoms with van der Waals surface area (Å²) in [6.07, 6.45) is 4.58. The molecular weight excluding hydrogens is 352 g/mol. The Morgan fingerprint density at radius 3 is 2.38 bits per heavy atom. The average Bonchev–Trinajstić information content (AvgIpc) is 3.13. The summed E-state index contributed by atoms with van der Waals surface area (Å²) in [6.45, 7) is 2.30. The van der Waals surface area contributed by atoms with Crippen LogP contribution in [-0.4, -0.2) is 56.6 Å². The summed E-state index contributed by atoms with van der Waals surface area (Å²) in [5, 5.41) is 0. The van der Waals surface area contributed by atoms with E-state index in [-0.39, 0.29) is 16.8 Å². The number of furan rings is 1. The van der Waals surface area contributed by atoms with Gasteiger partial charge in [-0.2, -0.15) is 0 Å². The van der Waals surface area contributed by atoms with Gasteiger partial charge < -0.3 is 14.2 Å². The first-order chi connectivity index (χ1) is 12.3. The molecule has 1 aromatic carbocycles. The van der Waals surface area contributed by atoms with Crippen molar-refractivity contribution in [1.82, 2.24) is 9.80 Å². The zero-order valence-corrected chi connectivity index (χ0v) is 15.9. The summed E-state index contributed by atoms with van der Waals surface area (Å²) in [7, 11) is -1.20. The van der Waals surface area contributed by atoms with Gasteiger partial charge in [-0.05, 0) is 69.4 Å². The first-order valence-corrected chi connectivity index (χ1v) is 10.6. The lowest BCUT2D eigenvalue weighted by atomic mass is 10.0. The molecule has 0 aliphatic carbocycles. The Balaban J connectivity index is 1.84. The molecule has 1 aromatic heterocycles. The largest absolute Gasteiger partial charge is 0.467 e. The fraction of sp³-hybridized carbons (Fsp3) is 0.421. The van der Waals surface area contributed by atoms with Gasteiger partial charge in [0.1, 0.15) is 5.76 Å². The Hall–Kier alpha value is -2.12. The van der Waals surface area contributed by atoms with Gasteiger partial charge in [-0.15, -0.1) is 0 Å². The van der Waals surface area contributed by atoms with Gasteiger partial charge in [-0.25, -0.2) is 8.42 Å². The van der Waals surface area contributed by atoms with E-state index in [1.165, 1.54) is 12.1 Å². The minimum atomic E-state index is -3.28. The predicted molar refractivity (Wildman–Crippen MR) is 98.7 cm³/mol. The third kappa shape index (κ3) is 4.34. The molecule has 7 heteroatoms. The van der Waals surface area contributed by atoms with Crippen molar-refractivity contribution in [3.8, 4) is 0 Å². The predicted octanol–water partition coefficient (Wildman–Crippen LogP) is 2.42. The van der Waals surface area contributed by atoms with Gasteiger partial charge in [0.2, 0.25) is 0 Å². The van der Waals surface area contributed by atoms with Gasteiger partial charge >= 0.3 is 0 Å². The smallest absolute Gasteiger partial charge is 0.254 e. The highest BCUT2D eigenvalue weighted by molar-refractivity contribution is 7.90. The monoisotopic (exact) mass is 376 g/mol. The number of rotatable bonds is 5. The lowest BCUT2D eigenvalue weighted by molar-refractivity contribution is 0.0550. The minimum absolute atomic E-state index is 0.101. The van der Waals surface area contributed by atoms with E-state index < -0.39 is 9.84 Å². The molecule has 26 heavy (non-hydrogen) atoms. The van der Waals surface area contributed by atoms with Crippen LogP contribution in [0.15, 0.2) is 52.0 Å². The molecule has 0 bridgehead atoms. The van der Waals surface area contributed by atoms with Gasteiger partial charge in [0, 0.05) is 17.9 Å². The Bertz CT molecular complexity index is 836. The van der Waals surface area contributed by atoms with Crippen LogP contribution < -0.4 is 0 Å². The number of carbonyl (C=O) groups excluding carboxylic acids is 1. The van der Waals surface area contributed by atoms with Crippen molar-refractivity contribution in [2.75, 3.05) is 26.4 Å². The number of nitrogens with zero attached hydrogens (tertiary/aromatic N) is 2. The Morgan fingerprint density at radius 1 is 1.19 bits per heavy atom. The maximum absolute atomic E-state index is 13.1. The minimum Gasteiger partial charge on any atom is -0.467 e. The zero-order chi connectivity index (χ0) is 18.7. The maximum Gasteiger partial charge on any atom is 0.254 e. The summed E-state index contributed by atoms with van der Waals surface area (Å²) in [6, 6.07) is 9.96. The summed E-state index contributed by atoms with van der Waals surface area (Å²) in [5.74, 6) is 0.640. The van der Waals surface area contributed by atoms with Crippen LogP contribution in [0.2, 0.25) is 0 Å². The van der Waals surface area contributed by atoms with Crippen LogP contribution in [0.4, 0.5) is 0 Å². The van der Waals surface area contributed by atoms with E-state index in [1.54, 1.807) is 18.4 Å². The van der Waals surface area contributed by atoms with E-state index in [0.29, 0.717) is 12.1 Å². The number of likely N-dealkylation sites (tertiary alicyclic amines) is 1. The third-order valence-corrected chi connectivity index (χ3v) is 5.95. The molecule has 1 saturated heterocycles. The zero-order valence-electron chi connectivity index (χ0n) is 15.1. The average molecular weight is 376 g/mol. The lowest BCUT2D eigenvalue weighted by Crippen LogP contribution is -2.46. The standard InChI is InChI=1S/C19H24N2O4S/c1-20-11-9-16(10-12-20)21(14-17-4-3-13-25-17)19(22)15-5-7-18(8-6-15)26(2,23)24/h3-8,13,16H,9-12,14H2,1-2H3. The topological polar surface area (TPSA) is 70.8 Å². The van der Waals surface area contributed by atoms with Crippen LogP contribution in [0, 0.1) is 0 Å². The van der Waals surface area contributed by atoms with Gasteiger partial charge in [0.05, 0.1) is 17.7 Å². The summed E-state index contributed by atoms with van der Waals surface area (Å²) >= 11 is 0. The quantitative estimate of drug-likeness (QED) is 0.801. The molecule has 2 aromatic rings. The van der Waals surface area contributed by atoms with Crippen molar-refractivity contribution in [2.24, 2.45) is 0 Å². The van der Waals surface area contributed by atoms with Crippen molar-refractivity contribution in [3.05, 3.63) is 54.0 Å². The molecule has 1 aliphatic heterocycles. The fourth-order valence-electron chi connectivity index (χ4n) is 3.25. The van der Waals surface area contributed by atoms with Crippen molar-refractivity contribution < 1.29 is 17.6 Å². The first kappa shape index (κ1) is 18.7. The second kappa shape index (κ2) is 7.63. The number of benzene rings is 1. The van der Waals surface area contributed by atoms with Crippen molar-refractivity contribution in [3.63, 3.8) is 0 Å². The van der Waals surface area contributed by atoms with E-state index in [4.69, 9.17) is 4.42 Å².